The van der Waals surface area contributed by atoms with Gasteiger partial charge in [0.2, 0.25) is 10.0 Å². The molecule has 1 aromatic carbocycles. The molecule has 0 spiro atoms. The van der Waals surface area contributed by atoms with E-state index in [4.69, 9.17) is 33.7 Å². The van der Waals surface area contributed by atoms with Crippen LogP contribution < -0.4 is 15.2 Å². The van der Waals surface area contributed by atoms with E-state index in [9.17, 15) is 8.42 Å². The smallest absolute Gasteiger partial charge is 0.242 e. The molecular weight excluding hydrogens is 335 g/mol. The number of hydrogen-bond acceptors (Lipinski definition) is 4. The lowest BCUT2D eigenvalue weighted by Gasteiger charge is -2.18. The molecule has 0 aromatic heterocycles. The summed E-state index contributed by atoms with van der Waals surface area (Å²) in [6.07, 6.45) is 2.53. The minimum Gasteiger partial charge on any atom is -0.495 e. The number of nitrogens with one attached hydrogen (secondary N) is 1. The molecular formula is C13H20Cl2N2O3S. The molecule has 3 N–H and O–H groups in total. The third-order valence-electron chi connectivity index (χ3n) is 3.03. The van der Waals surface area contributed by atoms with Gasteiger partial charge in [-0.05, 0) is 18.6 Å². The zero-order valence-corrected chi connectivity index (χ0v) is 14.4. The molecule has 8 heteroatoms. The fourth-order valence-corrected chi connectivity index (χ4v) is 3.96. The summed E-state index contributed by atoms with van der Waals surface area (Å²) in [6.45, 7) is 2.25. The van der Waals surface area contributed by atoms with Crippen molar-refractivity contribution in [3.05, 3.63) is 22.2 Å². The minimum absolute atomic E-state index is 0.0604. The number of methoxy groups -OCH3 is 1. The zero-order valence-electron chi connectivity index (χ0n) is 12.0. The Morgan fingerprint density at radius 3 is 2.52 bits per heavy atom. The molecule has 0 unspecified atom stereocenters. The zero-order chi connectivity index (χ0) is 16.0. The third-order valence-corrected chi connectivity index (χ3v) is 5.57. The van der Waals surface area contributed by atoms with Gasteiger partial charge < -0.3 is 10.5 Å². The van der Waals surface area contributed by atoms with Crippen molar-refractivity contribution in [3.8, 4) is 5.75 Å². The van der Waals surface area contributed by atoms with Gasteiger partial charge in [-0.3, -0.25) is 0 Å². The van der Waals surface area contributed by atoms with Crippen LogP contribution in [0.4, 0.5) is 0 Å². The third kappa shape index (κ3) is 4.72. The molecule has 1 aromatic rings. The number of benzene rings is 1. The molecule has 21 heavy (non-hydrogen) atoms. The van der Waals surface area contributed by atoms with Crippen LogP contribution in [0.3, 0.4) is 0 Å². The van der Waals surface area contributed by atoms with E-state index in [0.29, 0.717) is 12.2 Å². The SMILES string of the molecule is CCCC[C@@H](CN)NS(=O)(=O)c1ccc(OC)c(Cl)c1Cl. The summed E-state index contributed by atoms with van der Waals surface area (Å²) < 4.78 is 32.3. The molecule has 0 bridgehead atoms. The monoisotopic (exact) mass is 354 g/mol. The Labute approximate surface area is 135 Å². The van der Waals surface area contributed by atoms with Crippen LogP contribution in [-0.4, -0.2) is 28.1 Å². The number of halogens is 2. The normalized spacial score (nSPS) is 13.2. The second kappa shape index (κ2) is 8.19. The van der Waals surface area contributed by atoms with Gasteiger partial charge in [0.1, 0.15) is 15.7 Å². The average molecular weight is 355 g/mol. The van der Waals surface area contributed by atoms with Crippen LogP contribution in [0, 0.1) is 0 Å². The predicted molar refractivity (Wildman–Crippen MR) is 85.7 cm³/mol. The van der Waals surface area contributed by atoms with Crippen molar-refractivity contribution in [2.45, 2.75) is 37.1 Å². The van der Waals surface area contributed by atoms with Gasteiger partial charge in [0.25, 0.3) is 0 Å². The molecule has 0 saturated carbocycles. The number of sulfonamides is 1. The molecule has 0 aliphatic heterocycles. The predicted octanol–water partition coefficient (Wildman–Crippen LogP) is 2.80. The standard InChI is InChI=1S/C13H20Cl2N2O3S/c1-3-4-5-9(8-16)17-21(18,19)11-7-6-10(20-2)12(14)13(11)15/h6-7,9,17H,3-5,8,16H2,1-2H3/t9-/m0/s1. The lowest BCUT2D eigenvalue weighted by atomic mass is 10.1. The van der Waals surface area contributed by atoms with Crippen molar-refractivity contribution < 1.29 is 13.2 Å². The van der Waals surface area contributed by atoms with Gasteiger partial charge in [-0.2, -0.15) is 0 Å². The first kappa shape index (κ1) is 18.5. The summed E-state index contributed by atoms with van der Waals surface area (Å²) >= 11 is 12.0. The fourth-order valence-electron chi connectivity index (χ4n) is 1.84. The Hall–Kier alpha value is -0.530. The first-order chi connectivity index (χ1) is 9.87. The van der Waals surface area contributed by atoms with Gasteiger partial charge >= 0.3 is 0 Å². The molecule has 0 heterocycles. The minimum atomic E-state index is -3.78. The van der Waals surface area contributed by atoms with E-state index >= 15 is 0 Å². The van der Waals surface area contributed by atoms with E-state index in [2.05, 4.69) is 4.72 Å². The van der Waals surface area contributed by atoms with Crippen LogP contribution in [0.25, 0.3) is 0 Å². The Morgan fingerprint density at radius 2 is 2.00 bits per heavy atom. The number of rotatable bonds is 8. The average Bonchev–Trinajstić information content (AvgIpc) is 2.45. The molecule has 5 nitrogen and oxygen atoms in total. The Morgan fingerprint density at radius 1 is 1.33 bits per heavy atom. The van der Waals surface area contributed by atoms with Crippen LogP contribution >= 0.6 is 23.2 Å². The summed E-state index contributed by atoms with van der Waals surface area (Å²) in [4.78, 5) is -0.0788. The highest BCUT2D eigenvalue weighted by molar-refractivity contribution is 7.89. The van der Waals surface area contributed by atoms with Gasteiger partial charge in [0.05, 0.1) is 12.1 Å². The van der Waals surface area contributed by atoms with Crippen molar-refractivity contribution in [3.63, 3.8) is 0 Å². The lowest BCUT2D eigenvalue weighted by molar-refractivity contribution is 0.414. The topological polar surface area (TPSA) is 81.4 Å². The maximum Gasteiger partial charge on any atom is 0.242 e. The molecule has 0 amide bonds. The van der Waals surface area contributed by atoms with Crippen LogP contribution in [0.2, 0.25) is 10.0 Å². The lowest BCUT2D eigenvalue weighted by Crippen LogP contribution is -2.40. The maximum atomic E-state index is 12.4. The fraction of sp³-hybridized carbons (Fsp3) is 0.538. The van der Waals surface area contributed by atoms with E-state index in [1.807, 2.05) is 6.92 Å². The Kier molecular flexibility index (Phi) is 7.23. The van der Waals surface area contributed by atoms with Crippen LogP contribution in [0.15, 0.2) is 17.0 Å². The van der Waals surface area contributed by atoms with Crippen molar-refractivity contribution >= 4 is 33.2 Å². The second-order valence-electron chi connectivity index (χ2n) is 4.59. The molecule has 0 saturated heterocycles. The summed E-state index contributed by atoms with van der Waals surface area (Å²) in [5.41, 5.74) is 5.61. The summed E-state index contributed by atoms with van der Waals surface area (Å²) in [6, 6.07) is 2.50. The van der Waals surface area contributed by atoms with Crippen molar-refractivity contribution in [1.29, 1.82) is 0 Å². The highest BCUT2D eigenvalue weighted by Crippen LogP contribution is 2.36. The van der Waals surface area contributed by atoms with Gasteiger partial charge in [-0.1, -0.05) is 43.0 Å². The Balaban J connectivity index is 3.05. The summed E-state index contributed by atoms with van der Waals surface area (Å²) in [7, 11) is -2.35. The second-order valence-corrected chi connectivity index (χ2v) is 7.03. The quantitative estimate of drug-likeness (QED) is 0.751. The van der Waals surface area contributed by atoms with E-state index in [1.54, 1.807) is 0 Å². The summed E-state index contributed by atoms with van der Waals surface area (Å²) in [5.74, 6) is 0.321. The molecule has 1 atom stereocenters. The highest BCUT2D eigenvalue weighted by Gasteiger charge is 2.24. The van der Waals surface area contributed by atoms with E-state index in [1.165, 1.54) is 19.2 Å². The number of ether oxygens (including phenoxy) is 1. The molecule has 0 radical (unpaired) electrons. The van der Waals surface area contributed by atoms with Gasteiger partial charge in [-0.25, -0.2) is 13.1 Å². The van der Waals surface area contributed by atoms with Gasteiger partial charge in [0, 0.05) is 12.6 Å². The first-order valence-electron chi connectivity index (χ1n) is 6.61. The van der Waals surface area contributed by atoms with Gasteiger partial charge in [0.15, 0.2) is 0 Å². The largest absolute Gasteiger partial charge is 0.495 e. The van der Waals surface area contributed by atoms with Crippen LogP contribution in [-0.2, 0) is 10.0 Å². The van der Waals surface area contributed by atoms with Crippen molar-refractivity contribution in [2.24, 2.45) is 5.73 Å². The van der Waals surface area contributed by atoms with Crippen molar-refractivity contribution in [2.75, 3.05) is 13.7 Å². The molecule has 0 aliphatic rings. The molecule has 0 aliphatic carbocycles. The van der Waals surface area contributed by atoms with Crippen LogP contribution in [0.1, 0.15) is 26.2 Å². The molecule has 1 rings (SSSR count). The number of nitrogens with two attached hydrogens (primary N) is 1. The Bertz CT molecular complexity index is 579. The van der Waals surface area contributed by atoms with Crippen molar-refractivity contribution in [1.82, 2.24) is 4.72 Å². The number of unbranched alkanes of at least 4 members (excludes halogenated alkanes) is 1. The van der Waals surface area contributed by atoms with Crippen LogP contribution in [0.5, 0.6) is 5.75 Å². The van der Waals surface area contributed by atoms with E-state index in [0.717, 1.165) is 12.8 Å². The van der Waals surface area contributed by atoms with E-state index in [-0.39, 0.29) is 27.5 Å². The first-order valence-corrected chi connectivity index (χ1v) is 8.85. The number of hydrogen-bond donors (Lipinski definition) is 2. The van der Waals surface area contributed by atoms with Gasteiger partial charge in [-0.15, -0.1) is 0 Å². The molecule has 120 valence electrons. The maximum absolute atomic E-state index is 12.4. The highest BCUT2D eigenvalue weighted by atomic mass is 35.5. The summed E-state index contributed by atoms with van der Waals surface area (Å²) in [5, 5.41) is 0.00896. The van der Waals surface area contributed by atoms with E-state index < -0.39 is 10.0 Å². The molecule has 0 fully saturated rings.